The van der Waals surface area contributed by atoms with Gasteiger partial charge in [-0.3, -0.25) is 19.8 Å². The molecule has 1 fully saturated rings. The predicted octanol–water partition coefficient (Wildman–Crippen LogP) is 0.160. The molecule has 3 N–H and O–H groups in total. The van der Waals surface area contributed by atoms with Crippen molar-refractivity contribution in [2.75, 3.05) is 13.1 Å². The number of hydrogen-bond acceptors (Lipinski definition) is 4. The molecule has 19 heavy (non-hydrogen) atoms. The van der Waals surface area contributed by atoms with E-state index >= 15 is 0 Å². The summed E-state index contributed by atoms with van der Waals surface area (Å²) in [6.07, 6.45) is 1.29. The quantitative estimate of drug-likeness (QED) is 0.679. The Morgan fingerprint density at radius 3 is 2.47 bits per heavy atom. The van der Waals surface area contributed by atoms with Gasteiger partial charge < -0.3 is 10.4 Å². The van der Waals surface area contributed by atoms with Crippen LogP contribution in [0.5, 0.6) is 0 Å². The van der Waals surface area contributed by atoms with Crippen LogP contribution in [0.15, 0.2) is 0 Å². The number of likely N-dealkylation sites (tertiary alicyclic amines) is 1. The Hall–Kier alpha value is -1.63. The molecular formula is C12H21N3O4. The van der Waals surface area contributed by atoms with E-state index in [1.54, 1.807) is 25.7 Å². The summed E-state index contributed by atoms with van der Waals surface area (Å²) in [5.41, 5.74) is -0.429. The number of rotatable bonds is 3. The lowest BCUT2D eigenvalue weighted by atomic mass is 10.1. The molecule has 0 radical (unpaired) electrons. The molecule has 1 aliphatic heterocycles. The predicted molar refractivity (Wildman–Crippen MR) is 68.7 cm³/mol. The number of carbonyl (C=O) groups is 3. The second-order valence-corrected chi connectivity index (χ2v) is 5.72. The summed E-state index contributed by atoms with van der Waals surface area (Å²) < 4.78 is 0. The van der Waals surface area contributed by atoms with Crippen molar-refractivity contribution in [2.24, 2.45) is 0 Å². The fourth-order valence-electron chi connectivity index (χ4n) is 2.02. The normalized spacial score (nSPS) is 20.1. The van der Waals surface area contributed by atoms with Crippen molar-refractivity contribution in [3.8, 4) is 0 Å². The third-order valence-electron chi connectivity index (χ3n) is 2.74. The van der Waals surface area contributed by atoms with Gasteiger partial charge in [0.2, 0.25) is 5.91 Å². The average Bonchev–Trinajstić information content (AvgIpc) is 2.61. The standard InChI is InChI=1S/C12H21N3O4/c1-12(2,3)14-11(19)13-9(16)7-15-6-4-5-8(15)10(17)18/h8H,4-7H2,1-3H3,(H,17,18)(H2,13,14,16,19)/t8-/m0/s1. The highest BCUT2D eigenvalue weighted by atomic mass is 16.4. The van der Waals surface area contributed by atoms with E-state index in [-0.39, 0.29) is 6.54 Å². The molecule has 108 valence electrons. The Bertz CT molecular complexity index is 376. The van der Waals surface area contributed by atoms with Crippen LogP contribution in [0.2, 0.25) is 0 Å². The summed E-state index contributed by atoms with van der Waals surface area (Å²) >= 11 is 0. The number of aliphatic carboxylic acids is 1. The van der Waals surface area contributed by atoms with Crippen LogP contribution in [0.3, 0.4) is 0 Å². The van der Waals surface area contributed by atoms with Gasteiger partial charge in [-0.15, -0.1) is 0 Å². The molecule has 7 nitrogen and oxygen atoms in total. The zero-order chi connectivity index (χ0) is 14.6. The summed E-state index contributed by atoms with van der Waals surface area (Å²) in [7, 11) is 0. The molecule has 0 unspecified atom stereocenters. The molecule has 1 saturated heterocycles. The molecule has 0 aromatic heterocycles. The van der Waals surface area contributed by atoms with E-state index in [1.807, 2.05) is 0 Å². The molecule has 0 saturated carbocycles. The topological polar surface area (TPSA) is 98.7 Å². The minimum atomic E-state index is -0.926. The number of carboxylic acids is 1. The Kier molecular flexibility index (Phi) is 4.88. The van der Waals surface area contributed by atoms with Gasteiger partial charge in [0.1, 0.15) is 6.04 Å². The van der Waals surface area contributed by atoms with Gasteiger partial charge in [0.05, 0.1) is 6.54 Å². The molecule has 1 atom stereocenters. The van der Waals surface area contributed by atoms with E-state index in [0.29, 0.717) is 13.0 Å². The third kappa shape index (κ3) is 5.25. The minimum absolute atomic E-state index is 0.0749. The number of amides is 3. The third-order valence-corrected chi connectivity index (χ3v) is 2.74. The van der Waals surface area contributed by atoms with Crippen LogP contribution in [-0.2, 0) is 9.59 Å². The number of carbonyl (C=O) groups excluding carboxylic acids is 2. The first-order valence-corrected chi connectivity index (χ1v) is 6.28. The van der Waals surface area contributed by atoms with Crippen LogP contribution in [0, 0.1) is 0 Å². The second-order valence-electron chi connectivity index (χ2n) is 5.72. The number of urea groups is 1. The van der Waals surface area contributed by atoms with Crippen molar-refractivity contribution < 1.29 is 19.5 Å². The SMILES string of the molecule is CC(C)(C)NC(=O)NC(=O)CN1CCC[C@H]1C(=O)O. The first-order chi connectivity index (χ1) is 8.69. The first kappa shape index (κ1) is 15.4. The highest BCUT2D eigenvalue weighted by Crippen LogP contribution is 2.16. The maximum absolute atomic E-state index is 11.7. The Morgan fingerprint density at radius 1 is 1.32 bits per heavy atom. The smallest absolute Gasteiger partial charge is 0.321 e. The maximum Gasteiger partial charge on any atom is 0.321 e. The molecule has 0 bridgehead atoms. The van der Waals surface area contributed by atoms with Crippen molar-refractivity contribution >= 4 is 17.9 Å². The van der Waals surface area contributed by atoms with Crippen molar-refractivity contribution in [1.29, 1.82) is 0 Å². The largest absolute Gasteiger partial charge is 0.480 e. The lowest BCUT2D eigenvalue weighted by Gasteiger charge is -2.22. The Balaban J connectivity index is 2.43. The zero-order valence-corrected chi connectivity index (χ0v) is 11.5. The van der Waals surface area contributed by atoms with Crippen LogP contribution in [0.4, 0.5) is 4.79 Å². The summed E-state index contributed by atoms with van der Waals surface area (Å²) in [5, 5.41) is 13.8. The van der Waals surface area contributed by atoms with E-state index in [4.69, 9.17) is 5.11 Å². The zero-order valence-electron chi connectivity index (χ0n) is 11.5. The number of carboxylic acid groups (broad SMARTS) is 1. The molecule has 7 heteroatoms. The molecule has 1 aliphatic rings. The number of nitrogens with zero attached hydrogens (tertiary/aromatic N) is 1. The van der Waals surface area contributed by atoms with E-state index in [0.717, 1.165) is 6.42 Å². The highest BCUT2D eigenvalue weighted by molar-refractivity contribution is 5.95. The second kappa shape index (κ2) is 6.01. The van der Waals surface area contributed by atoms with Crippen LogP contribution >= 0.6 is 0 Å². The summed E-state index contributed by atoms with van der Waals surface area (Å²) in [5.74, 6) is -1.42. The van der Waals surface area contributed by atoms with Gasteiger partial charge in [-0.25, -0.2) is 4.79 Å². The lowest BCUT2D eigenvalue weighted by Crippen LogP contribution is -2.51. The van der Waals surface area contributed by atoms with Gasteiger partial charge in [0.25, 0.3) is 0 Å². The molecule has 1 rings (SSSR count). The van der Waals surface area contributed by atoms with Gasteiger partial charge in [-0.1, -0.05) is 0 Å². The van der Waals surface area contributed by atoms with Gasteiger partial charge in [-0.05, 0) is 40.2 Å². The minimum Gasteiger partial charge on any atom is -0.480 e. The van der Waals surface area contributed by atoms with Crippen molar-refractivity contribution in [1.82, 2.24) is 15.5 Å². The average molecular weight is 271 g/mol. The molecule has 0 aromatic carbocycles. The highest BCUT2D eigenvalue weighted by Gasteiger charge is 2.31. The van der Waals surface area contributed by atoms with E-state index < -0.39 is 29.5 Å². The summed E-state index contributed by atoms with van der Waals surface area (Å²) in [6, 6.07) is -1.19. The maximum atomic E-state index is 11.7. The van der Waals surface area contributed by atoms with Gasteiger partial charge in [0, 0.05) is 5.54 Å². The van der Waals surface area contributed by atoms with Crippen LogP contribution < -0.4 is 10.6 Å². The van der Waals surface area contributed by atoms with Gasteiger partial charge in [-0.2, -0.15) is 0 Å². The first-order valence-electron chi connectivity index (χ1n) is 6.28. The molecule has 0 aliphatic carbocycles. The summed E-state index contributed by atoms with van der Waals surface area (Å²) in [6.45, 7) is 5.90. The molecular weight excluding hydrogens is 250 g/mol. The van der Waals surface area contributed by atoms with E-state index in [9.17, 15) is 14.4 Å². The number of hydrogen-bond donors (Lipinski definition) is 3. The lowest BCUT2D eigenvalue weighted by molar-refractivity contribution is -0.142. The molecule has 0 aromatic rings. The Labute approximate surface area is 112 Å². The number of nitrogens with one attached hydrogen (secondary N) is 2. The van der Waals surface area contributed by atoms with Crippen molar-refractivity contribution in [2.45, 2.75) is 45.2 Å². The molecule has 3 amide bonds. The van der Waals surface area contributed by atoms with E-state index in [2.05, 4.69) is 10.6 Å². The monoisotopic (exact) mass is 271 g/mol. The Morgan fingerprint density at radius 2 is 1.95 bits per heavy atom. The van der Waals surface area contributed by atoms with Crippen molar-refractivity contribution in [3.05, 3.63) is 0 Å². The van der Waals surface area contributed by atoms with Crippen LogP contribution in [0.25, 0.3) is 0 Å². The van der Waals surface area contributed by atoms with E-state index in [1.165, 1.54) is 0 Å². The van der Waals surface area contributed by atoms with Gasteiger partial charge >= 0.3 is 12.0 Å². The van der Waals surface area contributed by atoms with Crippen LogP contribution in [0.1, 0.15) is 33.6 Å². The van der Waals surface area contributed by atoms with Crippen molar-refractivity contribution in [3.63, 3.8) is 0 Å². The fourth-order valence-corrected chi connectivity index (χ4v) is 2.02. The summed E-state index contributed by atoms with van der Waals surface area (Å²) in [4.78, 5) is 35.7. The van der Waals surface area contributed by atoms with Crippen LogP contribution in [-0.4, -0.2) is 52.6 Å². The molecule has 1 heterocycles. The van der Waals surface area contributed by atoms with Gasteiger partial charge in [0.15, 0.2) is 0 Å². The number of imide groups is 1. The fraction of sp³-hybridized carbons (Fsp3) is 0.750. The molecule has 0 spiro atoms.